The summed E-state index contributed by atoms with van der Waals surface area (Å²) in [5, 5.41) is 3.61. The average Bonchev–Trinajstić information content (AvgIpc) is 2.27. The second-order valence-corrected chi connectivity index (χ2v) is 6.00. The van der Waals surface area contributed by atoms with Gasteiger partial charge in [0.2, 0.25) is 0 Å². The van der Waals surface area contributed by atoms with E-state index in [1.807, 2.05) is 0 Å². The molecule has 0 aliphatic carbocycles. The molecule has 17 heavy (non-hydrogen) atoms. The lowest BCUT2D eigenvalue weighted by Gasteiger charge is -2.30. The number of hydrogen-bond acceptors (Lipinski definition) is 3. The van der Waals surface area contributed by atoms with Gasteiger partial charge in [-0.3, -0.25) is 4.90 Å². The molecule has 0 saturated carbocycles. The molecule has 0 aromatic rings. The first kappa shape index (κ1) is 14.9. The Morgan fingerprint density at radius 2 is 2.06 bits per heavy atom. The van der Waals surface area contributed by atoms with Crippen LogP contribution in [0.5, 0.6) is 0 Å². The first-order chi connectivity index (χ1) is 8.01. The fraction of sp³-hybridized carbons (Fsp3) is 1.00. The monoisotopic (exact) mass is 242 g/mol. The topological polar surface area (TPSA) is 24.5 Å². The van der Waals surface area contributed by atoms with Gasteiger partial charge in [0.15, 0.2) is 0 Å². The van der Waals surface area contributed by atoms with Crippen LogP contribution in [0.1, 0.15) is 47.0 Å². The van der Waals surface area contributed by atoms with E-state index in [4.69, 9.17) is 4.74 Å². The molecule has 0 aromatic carbocycles. The van der Waals surface area contributed by atoms with E-state index in [1.165, 1.54) is 32.4 Å². The summed E-state index contributed by atoms with van der Waals surface area (Å²) in [5.41, 5.74) is -0.0114. The molecule has 0 bridgehead atoms. The zero-order chi connectivity index (χ0) is 12.7. The van der Waals surface area contributed by atoms with E-state index >= 15 is 0 Å². The highest BCUT2D eigenvalue weighted by Gasteiger charge is 2.16. The number of rotatable bonds is 6. The minimum Gasteiger partial charge on any atom is -0.375 e. The first-order valence-electron chi connectivity index (χ1n) is 7.11. The Labute approximate surface area is 107 Å². The van der Waals surface area contributed by atoms with Gasteiger partial charge in [-0.25, -0.2) is 0 Å². The second kappa shape index (κ2) is 7.34. The molecule has 1 N–H and O–H groups in total. The summed E-state index contributed by atoms with van der Waals surface area (Å²) in [4.78, 5) is 2.49. The van der Waals surface area contributed by atoms with Crippen molar-refractivity contribution in [3.63, 3.8) is 0 Å². The molecule has 0 radical (unpaired) electrons. The number of hydrogen-bond donors (Lipinski definition) is 1. The first-order valence-corrected chi connectivity index (χ1v) is 7.11. The lowest BCUT2D eigenvalue weighted by Crippen LogP contribution is -2.44. The van der Waals surface area contributed by atoms with Crippen LogP contribution in [0.15, 0.2) is 0 Å². The van der Waals surface area contributed by atoms with E-state index < -0.39 is 0 Å². The summed E-state index contributed by atoms with van der Waals surface area (Å²) < 4.78 is 5.79. The van der Waals surface area contributed by atoms with Crippen LogP contribution in [-0.2, 0) is 4.74 Å². The van der Waals surface area contributed by atoms with Crippen molar-refractivity contribution >= 4 is 0 Å². The third kappa shape index (κ3) is 7.02. The van der Waals surface area contributed by atoms with Crippen LogP contribution >= 0.6 is 0 Å². The van der Waals surface area contributed by atoms with Crippen LogP contribution in [0.25, 0.3) is 0 Å². The van der Waals surface area contributed by atoms with E-state index in [-0.39, 0.29) is 5.60 Å². The Kier molecular flexibility index (Phi) is 6.45. The second-order valence-electron chi connectivity index (χ2n) is 6.00. The maximum absolute atomic E-state index is 5.79. The van der Waals surface area contributed by atoms with Crippen molar-refractivity contribution in [2.75, 3.05) is 32.8 Å². The van der Waals surface area contributed by atoms with Crippen LogP contribution in [0.4, 0.5) is 0 Å². The van der Waals surface area contributed by atoms with Gasteiger partial charge < -0.3 is 10.1 Å². The summed E-state index contributed by atoms with van der Waals surface area (Å²) in [7, 11) is 0. The molecule has 102 valence electrons. The molecule has 1 saturated heterocycles. The third-order valence-electron chi connectivity index (χ3n) is 3.28. The maximum Gasteiger partial charge on any atom is 0.0600 e. The number of nitrogens with zero attached hydrogens (tertiary/aromatic N) is 1. The fourth-order valence-corrected chi connectivity index (χ4v) is 2.25. The molecule has 1 aliphatic rings. The Hall–Kier alpha value is -0.120. The zero-order valence-corrected chi connectivity index (χ0v) is 12.1. The average molecular weight is 242 g/mol. The summed E-state index contributed by atoms with van der Waals surface area (Å²) >= 11 is 0. The minimum atomic E-state index is -0.0114. The van der Waals surface area contributed by atoms with Crippen LogP contribution in [0.3, 0.4) is 0 Å². The van der Waals surface area contributed by atoms with Gasteiger partial charge in [-0.05, 0) is 46.7 Å². The molecule has 1 fully saturated rings. The Morgan fingerprint density at radius 1 is 1.29 bits per heavy atom. The lowest BCUT2D eigenvalue weighted by atomic mass is 10.0. The minimum absolute atomic E-state index is 0.0114. The van der Waals surface area contributed by atoms with E-state index in [2.05, 4.69) is 37.9 Å². The predicted molar refractivity (Wildman–Crippen MR) is 73.5 cm³/mol. The molecule has 1 atom stereocenters. The van der Waals surface area contributed by atoms with Gasteiger partial charge >= 0.3 is 0 Å². The quantitative estimate of drug-likeness (QED) is 0.773. The highest BCUT2D eigenvalue weighted by atomic mass is 16.5. The van der Waals surface area contributed by atoms with Crippen LogP contribution in [0, 0.1) is 0 Å². The molecular weight excluding hydrogens is 212 g/mol. The van der Waals surface area contributed by atoms with E-state index in [9.17, 15) is 0 Å². The van der Waals surface area contributed by atoms with Crippen molar-refractivity contribution < 1.29 is 4.74 Å². The normalized spacial score (nSPS) is 22.1. The van der Waals surface area contributed by atoms with Crippen molar-refractivity contribution in [1.29, 1.82) is 0 Å². The smallest absolute Gasteiger partial charge is 0.0600 e. The van der Waals surface area contributed by atoms with E-state index in [1.54, 1.807) is 0 Å². The molecule has 1 heterocycles. The standard InChI is InChI=1S/C14H30N2O/c1-5-16(10-11-17-14(2,3)4)12-13-8-6-7-9-15-13/h13,15H,5-12H2,1-4H3. The van der Waals surface area contributed by atoms with Crippen molar-refractivity contribution in [3.05, 3.63) is 0 Å². The van der Waals surface area contributed by atoms with Gasteiger partial charge in [-0.2, -0.15) is 0 Å². The van der Waals surface area contributed by atoms with Crippen LogP contribution in [0.2, 0.25) is 0 Å². The summed E-state index contributed by atoms with van der Waals surface area (Å²) in [6, 6.07) is 0.693. The molecule has 3 heteroatoms. The van der Waals surface area contributed by atoms with Crippen LogP contribution in [-0.4, -0.2) is 49.3 Å². The van der Waals surface area contributed by atoms with E-state index in [0.29, 0.717) is 6.04 Å². The van der Waals surface area contributed by atoms with Gasteiger partial charge in [0.25, 0.3) is 0 Å². The molecule has 1 rings (SSSR count). The molecule has 1 unspecified atom stereocenters. The highest BCUT2D eigenvalue weighted by molar-refractivity contribution is 4.75. The Balaban J connectivity index is 2.18. The molecule has 1 aliphatic heterocycles. The lowest BCUT2D eigenvalue weighted by molar-refractivity contribution is -0.0135. The summed E-state index contributed by atoms with van der Waals surface area (Å²) in [6.07, 6.45) is 4.06. The predicted octanol–water partition coefficient (Wildman–Crippen LogP) is 2.27. The molecule has 0 aromatic heterocycles. The van der Waals surface area contributed by atoms with Crippen molar-refractivity contribution in [2.45, 2.75) is 58.6 Å². The molecular formula is C14H30N2O. The Bertz CT molecular complexity index is 195. The zero-order valence-electron chi connectivity index (χ0n) is 12.1. The fourth-order valence-electron chi connectivity index (χ4n) is 2.25. The number of piperidine rings is 1. The molecule has 3 nitrogen and oxygen atoms in total. The number of ether oxygens (including phenoxy) is 1. The third-order valence-corrected chi connectivity index (χ3v) is 3.28. The summed E-state index contributed by atoms with van der Waals surface area (Å²) in [6.45, 7) is 14.0. The number of nitrogens with one attached hydrogen (secondary N) is 1. The van der Waals surface area contributed by atoms with Gasteiger partial charge in [0, 0.05) is 19.1 Å². The molecule has 0 amide bonds. The van der Waals surface area contributed by atoms with Crippen molar-refractivity contribution in [3.8, 4) is 0 Å². The maximum atomic E-state index is 5.79. The van der Waals surface area contributed by atoms with Gasteiger partial charge in [-0.15, -0.1) is 0 Å². The van der Waals surface area contributed by atoms with Gasteiger partial charge in [0.05, 0.1) is 12.2 Å². The van der Waals surface area contributed by atoms with E-state index in [0.717, 1.165) is 19.7 Å². The summed E-state index contributed by atoms with van der Waals surface area (Å²) in [5.74, 6) is 0. The highest BCUT2D eigenvalue weighted by Crippen LogP contribution is 2.09. The SMILES string of the molecule is CCN(CCOC(C)(C)C)CC1CCCCN1. The van der Waals surface area contributed by atoms with Gasteiger partial charge in [-0.1, -0.05) is 13.3 Å². The van der Waals surface area contributed by atoms with Gasteiger partial charge in [0.1, 0.15) is 0 Å². The Morgan fingerprint density at radius 3 is 2.59 bits per heavy atom. The number of likely N-dealkylation sites (N-methyl/N-ethyl adjacent to an activating group) is 1. The molecule has 0 spiro atoms. The van der Waals surface area contributed by atoms with Crippen LogP contribution < -0.4 is 5.32 Å². The largest absolute Gasteiger partial charge is 0.375 e. The van der Waals surface area contributed by atoms with Crippen molar-refractivity contribution in [2.24, 2.45) is 0 Å². The van der Waals surface area contributed by atoms with Crippen molar-refractivity contribution in [1.82, 2.24) is 10.2 Å².